The Hall–Kier alpha value is -1.94. The highest BCUT2D eigenvalue weighted by molar-refractivity contribution is 5.81. The van der Waals surface area contributed by atoms with Gasteiger partial charge in [0.1, 0.15) is 0 Å². The zero-order valence-electron chi connectivity index (χ0n) is 12.5. The number of fused-ring (bicyclic) bond motifs is 1. The average Bonchev–Trinajstić information content (AvgIpc) is 2.47. The number of hydrogen-bond acceptors (Lipinski definition) is 3. The molecule has 2 rings (SSSR count). The molecule has 112 valence electrons. The van der Waals surface area contributed by atoms with Gasteiger partial charge in [0.15, 0.2) is 0 Å². The Bertz CT molecular complexity index is 592. The van der Waals surface area contributed by atoms with E-state index in [4.69, 9.17) is 5.73 Å². The molecule has 0 fully saturated rings. The van der Waals surface area contributed by atoms with Crippen LogP contribution in [-0.2, 0) is 11.2 Å². The molecule has 0 bridgehead atoms. The monoisotopic (exact) mass is 285 g/mol. The van der Waals surface area contributed by atoms with Crippen molar-refractivity contribution in [2.45, 2.75) is 38.6 Å². The number of nitrogens with one attached hydrogen (secondary N) is 1. The molecule has 0 aliphatic heterocycles. The molecule has 0 spiro atoms. The van der Waals surface area contributed by atoms with Crippen LogP contribution in [0.3, 0.4) is 0 Å². The molecule has 1 unspecified atom stereocenters. The normalized spacial score (nSPS) is 12.3. The SMILES string of the molecule is CCCC(N)CC(=O)NCCc1cccc2cccnc12. The van der Waals surface area contributed by atoms with Gasteiger partial charge in [0.05, 0.1) is 5.52 Å². The molecule has 0 radical (unpaired) electrons. The fourth-order valence-corrected chi connectivity index (χ4v) is 2.49. The number of rotatable bonds is 7. The highest BCUT2D eigenvalue weighted by atomic mass is 16.1. The zero-order chi connectivity index (χ0) is 15.1. The van der Waals surface area contributed by atoms with Crippen LogP contribution in [0.5, 0.6) is 0 Å². The van der Waals surface area contributed by atoms with Crippen molar-refractivity contribution >= 4 is 16.8 Å². The Kier molecular flexibility index (Phi) is 5.69. The Morgan fingerprint density at radius 3 is 2.95 bits per heavy atom. The maximum Gasteiger partial charge on any atom is 0.221 e. The molecular weight excluding hydrogens is 262 g/mol. The molecule has 0 aliphatic rings. The number of para-hydroxylation sites is 1. The van der Waals surface area contributed by atoms with Gasteiger partial charge < -0.3 is 11.1 Å². The summed E-state index contributed by atoms with van der Waals surface area (Å²) < 4.78 is 0. The highest BCUT2D eigenvalue weighted by Gasteiger charge is 2.08. The maximum absolute atomic E-state index is 11.8. The van der Waals surface area contributed by atoms with Gasteiger partial charge in [-0.2, -0.15) is 0 Å². The minimum absolute atomic E-state index is 0.0316. The third-order valence-electron chi connectivity index (χ3n) is 3.54. The summed E-state index contributed by atoms with van der Waals surface area (Å²) in [5.74, 6) is 0.0316. The lowest BCUT2D eigenvalue weighted by Crippen LogP contribution is -2.32. The molecule has 1 atom stereocenters. The molecule has 0 saturated carbocycles. The van der Waals surface area contributed by atoms with Gasteiger partial charge in [0.25, 0.3) is 0 Å². The summed E-state index contributed by atoms with van der Waals surface area (Å²) in [6, 6.07) is 10.1. The first-order valence-electron chi connectivity index (χ1n) is 7.55. The van der Waals surface area contributed by atoms with Crippen molar-refractivity contribution in [3.05, 3.63) is 42.1 Å². The lowest BCUT2D eigenvalue weighted by molar-refractivity contribution is -0.121. The van der Waals surface area contributed by atoms with E-state index in [0.717, 1.165) is 35.7 Å². The number of nitrogens with zero attached hydrogens (tertiary/aromatic N) is 1. The van der Waals surface area contributed by atoms with Crippen molar-refractivity contribution in [1.29, 1.82) is 0 Å². The second-order valence-corrected chi connectivity index (χ2v) is 5.35. The third-order valence-corrected chi connectivity index (χ3v) is 3.54. The second kappa shape index (κ2) is 7.74. The van der Waals surface area contributed by atoms with Gasteiger partial charge >= 0.3 is 0 Å². The molecule has 2 aromatic rings. The topological polar surface area (TPSA) is 68.0 Å². The van der Waals surface area contributed by atoms with Gasteiger partial charge in [-0.05, 0) is 24.5 Å². The molecular formula is C17H23N3O. The van der Waals surface area contributed by atoms with E-state index in [-0.39, 0.29) is 11.9 Å². The number of amides is 1. The minimum Gasteiger partial charge on any atom is -0.356 e. The predicted octanol–water partition coefficient (Wildman–Crippen LogP) is 2.41. The van der Waals surface area contributed by atoms with E-state index in [2.05, 4.69) is 23.3 Å². The largest absolute Gasteiger partial charge is 0.356 e. The van der Waals surface area contributed by atoms with Crippen LogP contribution in [0.2, 0.25) is 0 Å². The molecule has 1 aromatic carbocycles. The molecule has 1 amide bonds. The molecule has 4 heteroatoms. The van der Waals surface area contributed by atoms with Crippen LogP contribution in [0, 0.1) is 0 Å². The van der Waals surface area contributed by atoms with E-state index < -0.39 is 0 Å². The fourth-order valence-electron chi connectivity index (χ4n) is 2.49. The number of hydrogen-bond donors (Lipinski definition) is 2. The number of nitrogens with two attached hydrogens (primary N) is 1. The number of benzene rings is 1. The van der Waals surface area contributed by atoms with Gasteiger partial charge in [-0.3, -0.25) is 9.78 Å². The van der Waals surface area contributed by atoms with Crippen molar-refractivity contribution < 1.29 is 4.79 Å². The number of pyridine rings is 1. The number of aromatic nitrogens is 1. The van der Waals surface area contributed by atoms with Crippen molar-refractivity contribution in [3.8, 4) is 0 Å². The van der Waals surface area contributed by atoms with Crippen LogP contribution < -0.4 is 11.1 Å². The Balaban J connectivity index is 1.86. The predicted molar refractivity (Wildman–Crippen MR) is 86.0 cm³/mol. The number of carbonyl (C=O) groups excluding carboxylic acids is 1. The maximum atomic E-state index is 11.8. The average molecular weight is 285 g/mol. The van der Waals surface area contributed by atoms with Crippen LogP contribution >= 0.6 is 0 Å². The van der Waals surface area contributed by atoms with E-state index in [0.29, 0.717) is 13.0 Å². The molecule has 21 heavy (non-hydrogen) atoms. The molecule has 1 aromatic heterocycles. The van der Waals surface area contributed by atoms with Crippen molar-refractivity contribution in [3.63, 3.8) is 0 Å². The Labute approximate surface area is 125 Å². The smallest absolute Gasteiger partial charge is 0.221 e. The molecule has 3 N–H and O–H groups in total. The highest BCUT2D eigenvalue weighted by Crippen LogP contribution is 2.15. The molecule has 4 nitrogen and oxygen atoms in total. The molecule has 0 saturated heterocycles. The van der Waals surface area contributed by atoms with E-state index in [1.807, 2.05) is 24.3 Å². The summed E-state index contributed by atoms with van der Waals surface area (Å²) >= 11 is 0. The van der Waals surface area contributed by atoms with E-state index >= 15 is 0 Å². The van der Waals surface area contributed by atoms with Crippen molar-refractivity contribution in [2.24, 2.45) is 5.73 Å². The van der Waals surface area contributed by atoms with Crippen LogP contribution in [0.25, 0.3) is 10.9 Å². The second-order valence-electron chi connectivity index (χ2n) is 5.35. The summed E-state index contributed by atoms with van der Waals surface area (Å²) in [5.41, 5.74) is 8.04. The van der Waals surface area contributed by atoms with Gasteiger partial charge in [-0.25, -0.2) is 0 Å². The third kappa shape index (κ3) is 4.53. The summed E-state index contributed by atoms with van der Waals surface area (Å²) in [4.78, 5) is 16.2. The zero-order valence-corrected chi connectivity index (χ0v) is 12.5. The lowest BCUT2D eigenvalue weighted by Gasteiger charge is -2.11. The number of carbonyl (C=O) groups is 1. The Morgan fingerprint density at radius 1 is 1.33 bits per heavy atom. The van der Waals surface area contributed by atoms with Crippen molar-refractivity contribution in [1.82, 2.24) is 10.3 Å². The van der Waals surface area contributed by atoms with Crippen LogP contribution in [-0.4, -0.2) is 23.5 Å². The molecule has 1 heterocycles. The summed E-state index contributed by atoms with van der Waals surface area (Å²) in [6.45, 7) is 2.69. The van der Waals surface area contributed by atoms with Gasteiger partial charge in [0.2, 0.25) is 5.91 Å². The quantitative estimate of drug-likeness (QED) is 0.821. The first-order chi connectivity index (χ1) is 10.2. The van der Waals surface area contributed by atoms with Gasteiger partial charge in [-0.15, -0.1) is 0 Å². The standard InChI is InChI=1S/C17H23N3O/c1-2-5-15(18)12-16(21)19-11-9-14-7-3-6-13-8-4-10-20-17(13)14/h3-4,6-8,10,15H,2,5,9,11-12,18H2,1H3,(H,19,21). The van der Waals surface area contributed by atoms with E-state index in [9.17, 15) is 4.79 Å². The summed E-state index contributed by atoms with van der Waals surface area (Å²) in [7, 11) is 0. The van der Waals surface area contributed by atoms with Crippen molar-refractivity contribution in [2.75, 3.05) is 6.54 Å². The fraction of sp³-hybridized carbons (Fsp3) is 0.412. The molecule has 0 aliphatic carbocycles. The lowest BCUT2D eigenvalue weighted by atomic mass is 10.1. The summed E-state index contributed by atoms with van der Waals surface area (Å²) in [5, 5.41) is 4.07. The van der Waals surface area contributed by atoms with Crippen LogP contribution in [0.1, 0.15) is 31.7 Å². The Morgan fingerprint density at radius 2 is 2.14 bits per heavy atom. The van der Waals surface area contributed by atoms with E-state index in [1.165, 1.54) is 0 Å². The van der Waals surface area contributed by atoms with Gasteiger partial charge in [-0.1, -0.05) is 37.6 Å². The van der Waals surface area contributed by atoms with Gasteiger partial charge in [0, 0.05) is 30.6 Å². The van der Waals surface area contributed by atoms with Crippen LogP contribution in [0.15, 0.2) is 36.5 Å². The van der Waals surface area contributed by atoms with Crippen LogP contribution in [0.4, 0.5) is 0 Å². The minimum atomic E-state index is -0.0331. The summed E-state index contributed by atoms with van der Waals surface area (Å²) in [6.07, 6.45) is 4.88. The first-order valence-corrected chi connectivity index (χ1v) is 7.55. The van der Waals surface area contributed by atoms with E-state index in [1.54, 1.807) is 6.20 Å². The first kappa shape index (κ1) is 15.4.